The number of hydrogen-bond donors (Lipinski definition) is 2. The minimum atomic E-state index is -0.371. The first-order valence-electron chi connectivity index (χ1n) is 7.38. The van der Waals surface area contributed by atoms with E-state index >= 15 is 0 Å². The summed E-state index contributed by atoms with van der Waals surface area (Å²) in [6, 6.07) is 15.6. The van der Waals surface area contributed by atoms with Crippen molar-refractivity contribution in [3.8, 4) is 11.3 Å². The molecule has 0 aliphatic heterocycles. The minimum absolute atomic E-state index is 0.157. The van der Waals surface area contributed by atoms with Crippen molar-refractivity contribution < 1.29 is 4.79 Å². The molecule has 0 spiro atoms. The Morgan fingerprint density at radius 3 is 2.32 bits per heavy atom. The summed E-state index contributed by atoms with van der Waals surface area (Å²) < 4.78 is 0. The second kappa shape index (κ2) is 5.02. The molecule has 2 aromatic carbocycles. The van der Waals surface area contributed by atoms with Gasteiger partial charge in [0.2, 0.25) is 0 Å². The van der Waals surface area contributed by atoms with Gasteiger partial charge in [-0.25, -0.2) is 0 Å². The van der Waals surface area contributed by atoms with Gasteiger partial charge in [0, 0.05) is 33.3 Å². The molecule has 0 bridgehead atoms. The Morgan fingerprint density at radius 2 is 1.68 bits per heavy atom. The number of fused-ring (bicyclic) bond motifs is 1. The highest BCUT2D eigenvalue weighted by atomic mass is 16.1. The lowest BCUT2D eigenvalue weighted by Gasteiger charge is -2.16. The van der Waals surface area contributed by atoms with Crippen LogP contribution in [0.4, 0.5) is 5.69 Å². The summed E-state index contributed by atoms with van der Waals surface area (Å²) in [5, 5.41) is 1.04. The number of benzene rings is 2. The lowest BCUT2D eigenvalue weighted by Crippen LogP contribution is -2.19. The van der Waals surface area contributed by atoms with E-state index in [2.05, 4.69) is 11.1 Å². The van der Waals surface area contributed by atoms with Gasteiger partial charge < -0.3 is 10.7 Å². The van der Waals surface area contributed by atoms with Crippen LogP contribution in [0.25, 0.3) is 22.2 Å². The van der Waals surface area contributed by atoms with Gasteiger partial charge in [-0.3, -0.25) is 4.79 Å². The Hall–Kier alpha value is -2.55. The van der Waals surface area contributed by atoms with E-state index in [0.717, 1.165) is 33.4 Å². The number of H-pyrrole nitrogens is 1. The van der Waals surface area contributed by atoms with Crippen LogP contribution < -0.4 is 5.73 Å². The first-order chi connectivity index (χ1) is 10.3. The Morgan fingerprint density at radius 1 is 1.00 bits per heavy atom. The van der Waals surface area contributed by atoms with Crippen LogP contribution in [0, 0.1) is 5.41 Å². The first-order valence-corrected chi connectivity index (χ1v) is 7.38. The van der Waals surface area contributed by atoms with Crippen LogP contribution in [0.15, 0.2) is 48.5 Å². The third kappa shape index (κ3) is 2.62. The van der Waals surface area contributed by atoms with Crippen molar-refractivity contribution in [1.82, 2.24) is 4.98 Å². The molecule has 1 aromatic heterocycles. The van der Waals surface area contributed by atoms with E-state index in [-0.39, 0.29) is 11.2 Å². The molecule has 0 saturated heterocycles. The van der Waals surface area contributed by atoms with Gasteiger partial charge in [0.25, 0.3) is 0 Å². The lowest BCUT2D eigenvalue weighted by molar-refractivity contribution is 0.0858. The zero-order valence-corrected chi connectivity index (χ0v) is 13.1. The average molecular weight is 292 g/mol. The molecular formula is C19H20N2O. The average Bonchev–Trinajstić information content (AvgIpc) is 2.89. The summed E-state index contributed by atoms with van der Waals surface area (Å²) in [6.45, 7) is 5.82. The van der Waals surface area contributed by atoms with E-state index in [9.17, 15) is 4.79 Å². The van der Waals surface area contributed by atoms with Gasteiger partial charge in [-0.15, -0.1) is 0 Å². The molecule has 3 rings (SSSR count). The van der Waals surface area contributed by atoms with E-state index in [4.69, 9.17) is 5.73 Å². The predicted octanol–water partition coefficient (Wildman–Crippen LogP) is 4.65. The zero-order chi connectivity index (χ0) is 15.9. The summed E-state index contributed by atoms with van der Waals surface area (Å²) in [5.74, 6) is 0.157. The number of ketones is 1. The molecule has 3 nitrogen and oxygen atoms in total. The Labute approximate surface area is 130 Å². The number of hydrogen-bond acceptors (Lipinski definition) is 2. The monoisotopic (exact) mass is 292 g/mol. The number of aromatic amines is 1. The van der Waals surface area contributed by atoms with Gasteiger partial charge in [-0.1, -0.05) is 32.9 Å². The summed E-state index contributed by atoms with van der Waals surface area (Å²) >= 11 is 0. The minimum Gasteiger partial charge on any atom is -0.399 e. The fourth-order valence-electron chi connectivity index (χ4n) is 2.53. The third-order valence-electron chi connectivity index (χ3n) is 3.79. The van der Waals surface area contributed by atoms with E-state index in [1.807, 2.05) is 63.2 Å². The van der Waals surface area contributed by atoms with Gasteiger partial charge in [-0.05, 0) is 42.0 Å². The van der Waals surface area contributed by atoms with E-state index in [0.29, 0.717) is 0 Å². The molecule has 0 atom stereocenters. The van der Waals surface area contributed by atoms with Gasteiger partial charge in [0.15, 0.2) is 5.78 Å². The van der Waals surface area contributed by atoms with E-state index in [1.165, 1.54) is 0 Å². The third-order valence-corrected chi connectivity index (χ3v) is 3.79. The van der Waals surface area contributed by atoms with Gasteiger partial charge in [0.05, 0.1) is 0 Å². The van der Waals surface area contributed by atoms with Crippen LogP contribution in [0.5, 0.6) is 0 Å². The summed E-state index contributed by atoms with van der Waals surface area (Å²) in [7, 11) is 0. The number of carbonyl (C=O) groups excluding carboxylic acids is 1. The molecule has 3 N–H and O–H groups in total. The number of aromatic nitrogens is 1. The Balaban J connectivity index is 2.04. The number of carbonyl (C=O) groups is 1. The highest BCUT2D eigenvalue weighted by molar-refractivity contribution is 6.03. The van der Waals surface area contributed by atoms with Crippen molar-refractivity contribution in [3.63, 3.8) is 0 Å². The molecule has 3 aromatic rings. The van der Waals surface area contributed by atoms with Crippen LogP contribution in [-0.2, 0) is 0 Å². The van der Waals surface area contributed by atoms with E-state index in [1.54, 1.807) is 0 Å². The zero-order valence-electron chi connectivity index (χ0n) is 13.1. The predicted molar refractivity (Wildman–Crippen MR) is 91.9 cm³/mol. The van der Waals surface area contributed by atoms with Crippen LogP contribution >= 0.6 is 0 Å². The molecular weight excluding hydrogens is 272 g/mol. The molecule has 3 heteroatoms. The molecule has 0 saturated carbocycles. The van der Waals surface area contributed by atoms with Crippen molar-refractivity contribution in [3.05, 3.63) is 54.1 Å². The number of Topliss-reactive ketones (excluding diaryl/α,β-unsaturated/α-hetero) is 1. The van der Waals surface area contributed by atoms with Gasteiger partial charge >= 0.3 is 0 Å². The summed E-state index contributed by atoms with van der Waals surface area (Å²) in [5.41, 5.74) is 9.98. The quantitative estimate of drug-likeness (QED) is 0.533. The molecule has 0 radical (unpaired) electrons. The highest BCUT2D eigenvalue weighted by Crippen LogP contribution is 2.28. The van der Waals surface area contributed by atoms with Crippen molar-refractivity contribution in [2.45, 2.75) is 20.8 Å². The Kier molecular flexibility index (Phi) is 3.28. The maximum atomic E-state index is 12.4. The molecule has 0 unspecified atom stereocenters. The first kappa shape index (κ1) is 14.4. The van der Waals surface area contributed by atoms with Gasteiger partial charge in [-0.2, -0.15) is 0 Å². The van der Waals surface area contributed by atoms with Crippen LogP contribution in [0.2, 0.25) is 0 Å². The van der Waals surface area contributed by atoms with Crippen molar-refractivity contribution >= 4 is 22.4 Å². The largest absolute Gasteiger partial charge is 0.399 e. The smallest absolute Gasteiger partial charge is 0.168 e. The highest BCUT2D eigenvalue weighted by Gasteiger charge is 2.23. The normalized spacial score (nSPS) is 11.8. The fraction of sp³-hybridized carbons (Fsp3) is 0.211. The molecule has 0 amide bonds. The Bertz CT molecular complexity index is 836. The molecule has 0 fully saturated rings. The molecule has 22 heavy (non-hydrogen) atoms. The second-order valence-electron chi connectivity index (χ2n) is 6.69. The van der Waals surface area contributed by atoms with Gasteiger partial charge in [0.1, 0.15) is 0 Å². The number of anilines is 1. The molecule has 112 valence electrons. The van der Waals surface area contributed by atoms with Crippen molar-refractivity contribution in [2.24, 2.45) is 5.41 Å². The van der Waals surface area contributed by atoms with Crippen LogP contribution in [0.1, 0.15) is 31.1 Å². The topological polar surface area (TPSA) is 58.9 Å². The van der Waals surface area contributed by atoms with Crippen LogP contribution in [0.3, 0.4) is 0 Å². The summed E-state index contributed by atoms with van der Waals surface area (Å²) in [6.07, 6.45) is 0. The molecule has 0 aliphatic rings. The number of nitrogens with one attached hydrogen (secondary N) is 1. The van der Waals surface area contributed by atoms with Crippen LogP contribution in [-0.4, -0.2) is 10.8 Å². The summed E-state index contributed by atoms with van der Waals surface area (Å²) in [4.78, 5) is 15.8. The SMILES string of the molecule is CC(C)(C)C(=O)c1ccc2[nH]c(-c3ccc(N)cc3)cc2c1. The number of nitrogen functional groups attached to an aromatic ring is 1. The number of rotatable bonds is 2. The molecule has 1 heterocycles. The maximum Gasteiger partial charge on any atom is 0.168 e. The lowest BCUT2D eigenvalue weighted by atomic mass is 9.86. The van der Waals surface area contributed by atoms with E-state index < -0.39 is 0 Å². The van der Waals surface area contributed by atoms with Crippen molar-refractivity contribution in [1.29, 1.82) is 0 Å². The standard InChI is InChI=1S/C19H20N2O/c1-19(2,3)18(22)13-6-9-16-14(10-13)11-17(21-16)12-4-7-15(20)8-5-12/h4-11,21H,20H2,1-3H3. The molecule has 0 aliphatic carbocycles. The van der Waals surface area contributed by atoms with Crippen molar-refractivity contribution in [2.75, 3.05) is 5.73 Å². The fourth-order valence-corrected chi connectivity index (χ4v) is 2.53. The number of nitrogens with two attached hydrogens (primary N) is 1. The maximum absolute atomic E-state index is 12.4. The second-order valence-corrected chi connectivity index (χ2v) is 6.69.